The molecule has 1 aliphatic heterocycles. The molecule has 0 bridgehead atoms. The summed E-state index contributed by atoms with van der Waals surface area (Å²) in [6.07, 6.45) is 4.83. The Kier molecular flexibility index (Phi) is 6.29. The van der Waals surface area contributed by atoms with Crippen molar-refractivity contribution in [3.63, 3.8) is 0 Å². The van der Waals surface area contributed by atoms with Crippen LogP contribution in [-0.2, 0) is 13.0 Å². The smallest absolute Gasteiger partial charge is 0.253 e. The van der Waals surface area contributed by atoms with E-state index in [-0.39, 0.29) is 11.9 Å². The summed E-state index contributed by atoms with van der Waals surface area (Å²) in [5, 5.41) is 21.7. The van der Waals surface area contributed by atoms with E-state index in [0.29, 0.717) is 24.1 Å². The summed E-state index contributed by atoms with van der Waals surface area (Å²) < 4.78 is 0. The van der Waals surface area contributed by atoms with Gasteiger partial charge in [-0.1, -0.05) is 42.5 Å². The van der Waals surface area contributed by atoms with Gasteiger partial charge in [-0.15, -0.1) is 0 Å². The van der Waals surface area contributed by atoms with Crippen LogP contribution < -0.4 is 5.32 Å². The Bertz CT molecular complexity index is 1080. The van der Waals surface area contributed by atoms with Gasteiger partial charge in [-0.25, -0.2) is 0 Å². The zero-order valence-corrected chi connectivity index (χ0v) is 19.1. The van der Waals surface area contributed by atoms with Crippen molar-refractivity contribution in [3.05, 3.63) is 88.7 Å². The SMILES string of the molecule is CN(Cc1cc(C2CC2)n[nH]1)C(=O)c1ccc(C[C@@H]2CC[C@H]([C@H](O)c3ccccc3)N2)cc1. The predicted molar refractivity (Wildman–Crippen MR) is 128 cm³/mol. The second kappa shape index (κ2) is 9.49. The summed E-state index contributed by atoms with van der Waals surface area (Å²) in [7, 11) is 1.83. The molecule has 3 N–H and O–H groups in total. The first kappa shape index (κ1) is 21.9. The number of aliphatic hydroxyl groups is 1. The Morgan fingerprint density at radius 1 is 1.09 bits per heavy atom. The van der Waals surface area contributed by atoms with Gasteiger partial charge in [-0.2, -0.15) is 5.10 Å². The van der Waals surface area contributed by atoms with E-state index in [9.17, 15) is 9.90 Å². The second-order valence-corrected chi connectivity index (χ2v) is 9.56. The molecule has 1 aliphatic carbocycles. The highest BCUT2D eigenvalue weighted by Crippen LogP contribution is 2.39. The van der Waals surface area contributed by atoms with Crippen LogP contribution in [0.25, 0.3) is 0 Å². The molecule has 1 amide bonds. The molecule has 5 rings (SSSR count). The highest BCUT2D eigenvalue weighted by atomic mass is 16.3. The van der Waals surface area contributed by atoms with Crippen LogP contribution in [0, 0.1) is 0 Å². The standard InChI is InChI=1S/C27H32N4O2/c1-31(17-23-16-25(30-29-23)19-11-12-19)27(33)21-9-7-18(8-10-21)15-22-13-14-24(28-22)26(32)20-5-3-2-4-6-20/h2-10,16,19,22,24,26,28,32H,11-15,17H2,1H3,(H,29,30)/t22-,24+,26+/m0/s1. The van der Waals surface area contributed by atoms with E-state index in [1.165, 1.54) is 18.4 Å². The lowest BCUT2D eigenvalue weighted by Gasteiger charge is -2.20. The number of aromatic amines is 1. The molecule has 2 aromatic carbocycles. The van der Waals surface area contributed by atoms with E-state index in [1.54, 1.807) is 4.90 Å². The average molecular weight is 445 g/mol. The average Bonchev–Trinajstić information content (AvgIpc) is 3.42. The van der Waals surface area contributed by atoms with Crippen molar-refractivity contribution in [1.29, 1.82) is 0 Å². The molecule has 2 aliphatic rings. The maximum absolute atomic E-state index is 12.9. The van der Waals surface area contributed by atoms with E-state index in [4.69, 9.17) is 0 Å². The molecule has 3 aromatic rings. The first-order chi connectivity index (χ1) is 16.1. The molecule has 1 saturated carbocycles. The molecule has 33 heavy (non-hydrogen) atoms. The molecule has 0 spiro atoms. The van der Waals surface area contributed by atoms with Crippen LogP contribution in [0.3, 0.4) is 0 Å². The Balaban J connectivity index is 1.13. The number of H-pyrrole nitrogens is 1. The van der Waals surface area contributed by atoms with Crippen molar-refractivity contribution >= 4 is 5.91 Å². The molecule has 6 nitrogen and oxygen atoms in total. The fraction of sp³-hybridized carbons (Fsp3) is 0.407. The summed E-state index contributed by atoms with van der Waals surface area (Å²) >= 11 is 0. The van der Waals surface area contributed by atoms with Crippen LogP contribution in [0.15, 0.2) is 60.7 Å². The molecule has 3 atom stereocenters. The fourth-order valence-electron chi connectivity index (χ4n) is 4.81. The molecule has 2 heterocycles. The van der Waals surface area contributed by atoms with Crippen LogP contribution in [0.4, 0.5) is 0 Å². The number of carbonyl (C=O) groups is 1. The van der Waals surface area contributed by atoms with Gasteiger partial charge in [-0.05, 0) is 61.4 Å². The van der Waals surface area contributed by atoms with Crippen molar-refractivity contribution in [2.45, 2.75) is 62.8 Å². The zero-order valence-electron chi connectivity index (χ0n) is 19.1. The van der Waals surface area contributed by atoms with Crippen molar-refractivity contribution < 1.29 is 9.90 Å². The largest absolute Gasteiger partial charge is 0.387 e. The number of benzene rings is 2. The lowest BCUT2D eigenvalue weighted by molar-refractivity contribution is 0.0783. The van der Waals surface area contributed by atoms with Crippen LogP contribution in [-0.4, -0.2) is 45.2 Å². The predicted octanol–water partition coefficient (Wildman–Crippen LogP) is 3.96. The van der Waals surface area contributed by atoms with Gasteiger partial charge in [0.15, 0.2) is 0 Å². The van der Waals surface area contributed by atoms with Crippen molar-refractivity contribution in [2.24, 2.45) is 0 Å². The number of rotatable bonds is 8. The summed E-state index contributed by atoms with van der Waals surface area (Å²) in [5.74, 6) is 0.615. The normalized spacial score (nSPS) is 21.2. The summed E-state index contributed by atoms with van der Waals surface area (Å²) in [6.45, 7) is 0.525. The third-order valence-corrected chi connectivity index (χ3v) is 6.88. The first-order valence-electron chi connectivity index (χ1n) is 11.9. The minimum atomic E-state index is -0.484. The number of amides is 1. The molecule has 1 aromatic heterocycles. The molecule has 0 radical (unpaired) electrons. The number of hydrogen-bond acceptors (Lipinski definition) is 4. The van der Waals surface area contributed by atoms with Gasteiger partial charge in [0, 0.05) is 30.6 Å². The first-order valence-corrected chi connectivity index (χ1v) is 11.9. The number of carbonyl (C=O) groups excluding carboxylic acids is 1. The summed E-state index contributed by atoms with van der Waals surface area (Å²) in [5.41, 5.74) is 4.95. The minimum Gasteiger partial charge on any atom is -0.387 e. The van der Waals surface area contributed by atoms with Gasteiger partial charge in [0.1, 0.15) is 0 Å². The second-order valence-electron chi connectivity index (χ2n) is 9.56. The van der Waals surface area contributed by atoms with Gasteiger partial charge in [0.05, 0.1) is 24.0 Å². The quantitative estimate of drug-likeness (QED) is 0.491. The zero-order chi connectivity index (χ0) is 22.8. The van der Waals surface area contributed by atoms with E-state index in [2.05, 4.69) is 21.6 Å². The number of aliphatic hydroxyl groups excluding tert-OH is 1. The molecule has 6 heteroatoms. The molecule has 172 valence electrons. The van der Waals surface area contributed by atoms with Crippen molar-refractivity contribution in [2.75, 3.05) is 7.05 Å². The molecular formula is C27H32N4O2. The maximum Gasteiger partial charge on any atom is 0.253 e. The van der Waals surface area contributed by atoms with Crippen molar-refractivity contribution in [1.82, 2.24) is 20.4 Å². The van der Waals surface area contributed by atoms with Gasteiger partial charge in [0.2, 0.25) is 0 Å². The third kappa shape index (κ3) is 5.18. The number of nitrogens with zero attached hydrogens (tertiary/aromatic N) is 2. The molecule has 1 saturated heterocycles. The van der Waals surface area contributed by atoms with Gasteiger partial charge in [0.25, 0.3) is 5.91 Å². The van der Waals surface area contributed by atoms with Crippen LogP contribution in [0.5, 0.6) is 0 Å². The Hall–Kier alpha value is -2.96. The number of aromatic nitrogens is 2. The van der Waals surface area contributed by atoms with Gasteiger partial charge in [-0.3, -0.25) is 9.89 Å². The Labute approximate surface area is 195 Å². The monoisotopic (exact) mass is 444 g/mol. The summed E-state index contributed by atoms with van der Waals surface area (Å²) in [6, 6.07) is 20.3. The van der Waals surface area contributed by atoms with E-state index in [0.717, 1.165) is 36.2 Å². The van der Waals surface area contributed by atoms with Gasteiger partial charge >= 0.3 is 0 Å². The molecular weight excluding hydrogens is 412 g/mol. The molecule has 0 unspecified atom stereocenters. The minimum absolute atomic E-state index is 0.00848. The van der Waals surface area contributed by atoms with Crippen LogP contribution >= 0.6 is 0 Å². The van der Waals surface area contributed by atoms with E-state index < -0.39 is 6.10 Å². The lowest BCUT2D eigenvalue weighted by atomic mass is 10.0. The topological polar surface area (TPSA) is 81.2 Å². The van der Waals surface area contributed by atoms with Gasteiger partial charge < -0.3 is 15.3 Å². The van der Waals surface area contributed by atoms with Crippen molar-refractivity contribution in [3.8, 4) is 0 Å². The highest BCUT2D eigenvalue weighted by molar-refractivity contribution is 5.94. The fourth-order valence-corrected chi connectivity index (χ4v) is 4.81. The Morgan fingerprint density at radius 2 is 1.85 bits per heavy atom. The number of hydrogen-bond donors (Lipinski definition) is 3. The van der Waals surface area contributed by atoms with Crippen LogP contribution in [0.1, 0.15) is 70.6 Å². The van der Waals surface area contributed by atoms with E-state index in [1.807, 2.05) is 61.6 Å². The third-order valence-electron chi connectivity index (χ3n) is 6.88. The lowest BCUT2D eigenvalue weighted by Crippen LogP contribution is -2.35. The number of nitrogens with one attached hydrogen (secondary N) is 2. The van der Waals surface area contributed by atoms with E-state index >= 15 is 0 Å². The van der Waals surface area contributed by atoms with Crippen LogP contribution in [0.2, 0.25) is 0 Å². The maximum atomic E-state index is 12.9. The molecule has 2 fully saturated rings. The highest BCUT2D eigenvalue weighted by Gasteiger charge is 2.30. The summed E-state index contributed by atoms with van der Waals surface area (Å²) in [4.78, 5) is 14.6. The Morgan fingerprint density at radius 3 is 2.58 bits per heavy atom.